The SMILES string of the molecule is CC(C)c1ccc(NC(=O)CNC(CCO)c2ccccc2)cc1. The summed E-state index contributed by atoms with van der Waals surface area (Å²) in [6, 6.07) is 17.7. The molecule has 2 rings (SSSR count). The predicted molar refractivity (Wildman–Crippen MR) is 98.0 cm³/mol. The molecule has 2 aromatic rings. The zero-order valence-corrected chi connectivity index (χ0v) is 14.3. The number of hydrogen-bond donors (Lipinski definition) is 3. The molecule has 1 unspecified atom stereocenters. The Hall–Kier alpha value is -2.17. The lowest BCUT2D eigenvalue weighted by atomic mass is 10.0. The molecule has 0 heterocycles. The van der Waals surface area contributed by atoms with E-state index in [9.17, 15) is 9.90 Å². The summed E-state index contributed by atoms with van der Waals surface area (Å²) in [6.45, 7) is 4.56. The van der Waals surface area contributed by atoms with Gasteiger partial charge in [-0.3, -0.25) is 4.79 Å². The van der Waals surface area contributed by atoms with Gasteiger partial charge in [0.2, 0.25) is 5.91 Å². The first-order chi connectivity index (χ1) is 11.6. The van der Waals surface area contributed by atoms with Gasteiger partial charge in [-0.15, -0.1) is 0 Å². The van der Waals surface area contributed by atoms with E-state index < -0.39 is 0 Å². The minimum Gasteiger partial charge on any atom is -0.396 e. The molecule has 24 heavy (non-hydrogen) atoms. The molecule has 0 radical (unpaired) electrons. The van der Waals surface area contributed by atoms with Crippen molar-refractivity contribution >= 4 is 11.6 Å². The molecule has 0 aliphatic rings. The van der Waals surface area contributed by atoms with Crippen molar-refractivity contribution in [3.8, 4) is 0 Å². The highest BCUT2D eigenvalue weighted by atomic mass is 16.3. The molecule has 4 nitrogen and oxygen atoms in total. The number of carbonyl (C=O) groups excluding carboxylic acids is 1. The summed E-state index contributed by atoms with van der Waals surface area (Å²) in [5.74, 6) is 0.382. The van der Waals surface area contributed by atoms with Gasteiger partial charge < -0.3 is 15.7 Å². The van der Waals surface area contributed by atoms with Crippen molar-refractivity contribution in [3.63, 3.8) is 0 Å². The molecule has 0 saturated carbocycles. The Morgan fingerprint density at radius 2 is 1.67 bits per heavy atom. The summed E-state index contributed by atoms with van der Waals surface area (Å²) in [5, 5.41) is 15.3. The molecule has 1 atom stereocenters. The maximum Gasteiger partial charge on any atom is 0.238 e. The van der Waals surface area contributed by atoms with E-state index in [1.165, 1.54) is 5.56 Å². The lowest BCUT2D eigenvalue weighted by Crippen LogP contribution is -2.31. The standard InChI is InChI=1S/C20H26N2O2/c1-15(2)16-8-10-18(11-9-16)22-20(24)14-21-19(12-13-23)17-6-4-3-5-7-17/h3-11,15,19,21,23H,12-14H2,1-2H3,(H,22,24). The van der Waals surface area contributed by atoms with Crippen molar-refractivity contribution in [3.05, 3.63) is 65.7 Å². The molecule has 1 amide bonds. The zero-order valence-electron chi connectivity index (χ0n) is 14.3. The summed E-state index contributed by atoms with van der Waals surface area (Å²) in [5.41, 5.74) is 3.11. The number of aliphatic hydroxyl groups excluding tert-OH is 1. The first-order valence-electron chi connectivity index (χ1n) is 8.39. The van der Waals surface area contributed by atoms with E-state index in [0.29, 0.717) is 12.3 Å². The number of aliphatic hydroxyl groups is 1. The van der Waals surface area contributed by atoms with Crippen LogP contribution >= 0.6 is 0 Å². The van der Waals surface area contributed by atoms with Crippen molar-refractivity contribution < 1.29 is 9.90 Å². The second kappa shape index (κ2) is 9.21. The van der Waals surface area contributed by atoms with Crippen LogP contribution in [0.4, 0.5) is 5.69 Å². The van der Waals surface area contributed by atoms with Crippen LogP contribution in [0.25, 0.3) is 0 Å². The van der Waals surface area contributed by atoms with Crippen molar-refractivity contribution in [2.45, 2.75) is 32.2 Å². The van der Waals surface area contributed by atoms with E-state index in [-0.39, 0.29) is 25.1 Å². The number of carbonyl (C=O) groups is 1. The Balaban J connectivity index is 1.89. The second-order valence-corrected chi connectivity index (χ2v) is 6.18. The lowest BCUT2D eigenvalue weighted by Gasteiger charge is -2.18. The van der Waals surface area contributed by atoms with Crippen molar-refractivity contribution in [2.24, 2.45) is 0 Å². The van der Waals surface area contributed by atoms with E-state index in [1.807, 2.05) is 54.6 Å². The molecule has 0 spiro atoms. The molecule has 128 valence electrons. The van der Waals surface area contributed by atoms with E-state index in [1.54, 1.807) is 0 Å². The van der Waals surface area contributed by atoms with Gasteiger partial charge in [0.15, 0.2) is 0 Å². The Bertz CT molecular complexity index is 624. The van der Waals surface area contributed by atoms with Gasteiger partial charge in [0.1, 0.15) is 0 Å². The number of benzene rings is 2. The fourth-order valence-electron chi connectivity index (χ4n) is 2.57. The molecule has 0 aliphatic carbocycles. The van der Waals surface area contributed by atoms with Crippen LogP contribution in [0, 0.1) is 0 Å². The normalized spacial score (nSPS) is 12.2. The molecule has 0 aliphatic heterocycles. The highest BCUT2D eigenvalue weighted by Gasteiger charge is 2.12. The second-order valence-electron chi connectivity index (χ2n) is 6.18. The van der Waals surface area contributed by atoms with Crippen LogP contribution in [0.2, 0.25) is 0 Å². The predicted octanol–water partition coefficient (Wildman–Crippen LogP) is 3.46. The molecule has 0 aromatic heterocycles. The summed E-state index contributed by atoms with van der Waals surface area (Å²) in [6.07, 6.45) is 0.570. The summed E-state index contributed by atoms with van der Waals surface area (Å²) in [7, 11) is 0. The number of anilines is 1. The molecule has 2 aromatic carbocycles. The van der Waals surface area contributed by atoms with Gasteiger partial charge in [-0.2, -0.15) is 0 Å². The number of rotatable bonds is 8. The topological polar surface area (TPSA) is 61.4 Å². The maximum atomic E-state index is 12.1. The van der Waals surface area contributed by atoms with E-state index in [4.69, 9.17) is 0 Å². The highest BCUT2D eigenvalue weighted by Crippen LogP contribution is 2.18. The van der Waals surface area contributed by atoms with Gasteiger partial charge in [0, 0.05) is 18.3 Å². The largest absolute Gasteiger partial charge is 0.396 e. The average molecular weight is 326 g/mol. The molecule has 0 bridgehead atoms. The molecular formula is C20H26N2O2. The number of nitrogens with one attached hydrogen (secondary N) is 2. The Labute approximate surface area is 143 Å². The Kier molecular flexibility index (Phi) is 6.97. The lowest BCUT2D eigenvalue weighted by molar-refractivity contribution is -0.115. The quantitative estimate of drug-likeness (QED) is 0.696. The number of amides is 1. The van der Waals surface area contributed by atoms with Crippen LogP contribution in [0.5, 0.6) is 0 Å². The smallest absolute Gasteiger partial charge is 0.238 e. The minimum absolute atomic E-state index is 0.0368. The monoisotopic (exact) mass is 326 g/mol. The highest BCUT2D eigenvalue weighted by molar-refractivity contribution is 5.92. The van der Waals surface area contributed by atoms with E-state index in [2.05, 4.69) is 24.5 Å². The van der Waals surface area contributed by atoms with Gasteiger partial charge in [-0.1, -0.05) is 56.3 Å². The Morgan fingerprint density at radius 1 is 1.00 bits per heavy atom. The fraction of sp³-hybridized carbons (Fsp3) is 0.350. The third-order valence-corrected chi connectivity index (χ3v) is 3.99. The Morgan fingerprint density at radius 3 is 2.25 bits per heavy atom. The van der Waals surface area contributed by atoms with Crippen LogP contribution in [-0.2, 0) is 4.79 Å². The van der Waals surface area contributed by atoms with Crippen LogP contribution in [0.15, 0.2) is 54.6 Å². The average Bonchev–Trinajstić information content (AvgIpc) is 2.60. The van der Waals surface area contributed by atoms with Crippen LogP contribution in [0.3, 0.4) is 0 Å². The van der Waals surface area contributed by atoms with Gasteiger partial charge in [0.05, 0.1) is 6.54 Å². The third kappa shape index (κ3) is 5.48. The molecule has 3 N–H and O–H groups in total. The first kappa shape index (κ1) is 18.2. The molecule has 0 saturated heterocycles. The van der Waals surface area contributed by atoms with Crippen LogP contribution in [-0.4, -0.2) is 24.2 Å². The van der Waals surface area contributed by atoms with Crippen molar-refractivity contribution in [1.29, 1.82) is 0 Å². The van der Waals surface area contributed by atoms with E-state index in [0.717, 1.165) is 11.3 Å². The van der Waals surface area contributed by atoms with Gasteiger partial charge >= 0.3 is 0 Å². The van der Waals surface area contributed by atoms with Gasteiger partial charge in [-0.25, -0.2) is 0 Å². The number of hydrogen-bond acceptors (Lipinski definition) is 3. The fourth-order valence-corrected chi connectivity index (χ4v) is 2.57. The van der Waals surface area contributed by atoms with Gasteiger partial charge in [0.25, 0.3) is 0 Å². The molecule has 0 fully saturated rings. The summed E-state index contributed by atoms with van der Waals surface area (Å²) < 4.78 is 0. The van der Waals surface area contributed by atoms with Crippen LogP contribution in [0.1, 0.15) is 43.4 Å². The molecular weight excluding hydrogens is 300 g/mol. The van der Waals surface area contributed by atoms with Gasteiger partial charge in [-0.05, 0) is 35.6 Å². The summed E-state index contributed by atoms with van der Waals surface area (Å²) in [4.78, 5) is 12.1. The first-order valence-corrected chi connectivity index (χ1v) is 8.39. The zero-order chi connectivity index (χ0) is 17.4. The van der Waals surface area contributed by atoms with Crippen molar-refractivity contribution in [2.75, 3.05) is 18.5 Å². The van der Waals surface area contributed by atoms with E-state index >= 15 is 0 Å². The van der Waals surface area contributed by atoms with Crippen molar-refractivity contribution in [1.82, 2.24) is 5.32 Å². The summed E-state index contributed by atoms with van der Waals surface area (Å²) >= 11 is 0. The third-order valence-electron chi connectivity index (χ3n) is 3.99. The minimum atomic E-state index is -0.0915. The maximum absolute atomic E-state index is 12.1. The molecule has 4 heteroatoms. The van der Waals surface area contributed by atoms with Crippen LogP contribution < -0.4 is 10.6 Å².